The molecule has 3 fully saturated rings. The van der Waals surface area contributed by atoms with Crippen molar-refractivity contribution in [1.29, 1.82) is 0 Å². The average molecular weight is 396 g/mol. The number of nitrogens with zero attached hydrogens (tertiary/aromatic N) is 4. The van der Waals surface area contributed by atoms with E-state index < -0.39 is 0 Å². The summed E-state index contributed by atoms with van der Waals surface area (Å²) in [6.45, 7) is 1.19. The van der Waals surface area contributed by atoms with Gasteiger partial charge < -0.3 is 19.5 Å². The molecular formula is C22H28N4O3. The quantitative estimate of drug-likeness (QED) is 0.861. The van der Waals surface area contributed by atoms with E-state index >= 15 is 0 Å². The molecule has 3 aliphatic rings. The number of aliphatic hydroxyl groups is 1. The molecule has 0 unspecified atom stereocenters. The monoisotopic (exact) mass is 396 g/mol. The summed E-state index contributed by atoms with van der Waals surface area (Å²) in [6.07, 6.45) is 5.43. The van der Waals surface area contributed by atoms with Crippen molar-refractivity contribution in [3.8, 4) is 0 Å². The number of aliphatic hydroxyl groups excluding tert-OH is 1. The van der Waals surface area contributed by atoms with Gasteiger partial charge in [-0.1, -0.05) is 6.07 Å². The van der Waals surface area contributed by atoms with Crippen molar-refractivity contribution in [2.24, 2.45) is 7.05 Å². The Balaban J connectivity index is 1.31. The van der Waals surface area contributed by atoms with Crippen LogP contribution in [0, 0.1) is 0 Å². The molecule has 1 aliphatic heterocycles. The SMILES string of the molecule is Cn1c(C(=O)N2CCN([C@H]3CC[C@H](O)CC3)C(=O)C2)nc2ccc(C3CC3)cc21. The van der Waals surface area contributed by atoms with Gasteiger partial charge in [-0.2, -0.15) is 0 Å². The topological polar surface area (TPSA) is 78.7 Å². The highest BCUT2D eigenvalue weighted by Crippen LogP contribution is 2.40. The molecular weight excluding hydrogens is 368 g/mol. The molecule has 2 amide bonds. The number of rotatable bonds is 3. The molecule has 2 heterocycles. The van der Waals surface area contributed by atoms with E-state index in [-0.39, 0.29) is 30.5 Å². The van der Waals surface area contributed by atoms with Crippen LogP contribution in [-0.2, 0) is 11.8 Å². The fourth-order valence-corrected chi connectivity index (χ4v) is 4.83. The molecule has 1 N–H and O–H groups in total. The van der Waals surface area contributed by atoms with Gasteiger partial charge >= 0.3 is 0 Å². The molecule has 0 atom stereocenters. The largest absolute Gasteiger partial charge is 0.393 e. The summed E-state index contributed by atoms with van der Waals surface area (Å²) in [5.41, 5.74) is 3.12. The summed E-state index contributed by atoms with van der Waals surface area (Å²) in [4.78, 5) is 34.0. The van der Waals surface area contributed by atoms with Crippen molar-refractivity contribution < 1.29 is 14.7 Å². The van der Waals surface area contributed by atoms with Crippen molar-refractivity contribution in [3.63, 3.8) is 0 Å². The first-order chi connectivity index (χ1) is 14.0. The first-order valence-corrected chi connectivity index (χ1v) is 10.7. The van der Waals surface area contributed by atoms with Gasteiger partial charge in [0.05, 0.1) is 17.1 Å². The van der Waals surface area contributed by atoms with E-state index in [2.05, 4.69) is 17.1 Å². The molecule has 0 spiro atoms. The molecule has 5 rings (SSSR count). The summed E-state index contributed by atoms with van der Waals surface area (Å²) in [5.74, 6) is 0.875. The Bertz CT molecular complexity index is 956. The highest BCUT2D eigenvalue weighted by Gasteiger charge is 2.35. The predicted octanol–water partition coefficient (Wildman–Crippen LogP) is 2.04. The molecule has 2 aromatic rings. The number of piperazine rings is 1. The van der Waals surface area contributed by atoms with Crippen LogP contribution in [0.25, 0.3) is 11.0 Å². The van der Waals surface area contributed by atoms with E-state index in [1.165, 1.54) is 18.4 Å². The lowest BCUT2D eigenvalue weighted by Gasteiger charge is -2.41. The van der Waals surface area contributed by atoms with Gasteiger partial charge in [-0.15, -0.1) is 0 Å². The number of carbonyl (C=O) groups excluding carboxylic acids is 2. The number of aryl methyl sites for hydroxylation is 1. The minimum atomic E-state index is -0.234. The highest BCUT2D eigenvalue weighted by atomic mass is 16.3. The number of benzene rings is 1. The van der Waals surface area contributed by atoms with Gasteiger partial charge in [-0.05, 0) is 62.1 Å². The molecule has 7 nitrogen and oxygen atoms in total. The van der Waals surface area contributed by atoms with Crippen molar-refractivity contribution in [2.75, 3.05) is 19.6 Å². The molecule has 1 saturated heterocycles. The van der Waals surface area contributed by atoms with E-state index in [9.17, 15) is 14.7 Å². The second-order valence-corrected chi connectivity index (χ2v) is 8.79. The molecule has 1 aromatic heterocycles. The van der Waals surface area contributed by atoms with Crippen LogP contribution in [0.1, 0.15) is 60.6 Å². The van der Waals surface area contributed by atoms with E-state index in [0.717, 1.165) is 36.7 Å². The third kappa shape index (κ3) is 3.41. The van der Waals surface area contributed by atoms with E-state index in [4.69, 9.17) is 0 Å². The lowest BCUT2D eigenvalue weighted by molar-refractivity contribution is -0.138. The van der Waals surface area contributed by atoms with Crippen LogP contribution < -0.4 is 0 Å². The number of amides is 2. The molecule has 154 valence electrons. The molecule has 7 heteroatoms. The normalized spacial score (nSPS) is 25.7. The Labute approximate surface area is 170 Å². The van der Waals surface area contributed by atoms with Crippen molar-refractivity contribution in [1.82, 2.24) is 19.4 Å². The van der Waals surface area contributed by atoms with Gasteiger partial charge in [0.1, 0.15) is 6.54 Å². The second kappa shape index (κ2) is 7.13. The molecule has 0 radical (unpaired) electrons. The Hall–Kier alpha value is -2.41. The lowest BCUT2D eigenvalue weighted by Crippen LogP contribution is -2.56. The van der Waals surface area contributed by atoms with Crippen molar-refractivity contribution in [3.05, 3.63) is 29.6 Å². The lowest BCUT2D eigenvalue weighted by atomic mass is 9.91. The van der Waals surface area contributed by atoms with Gasteiger partial charge in [0.2, 0.25) is 5.91 Å². The zero-order chi connectivity index (χ0) is 20.1. The molecule has 2 saturated carbocycles. The van der Waals surface area contributed by atoms with Crippen LogP contribution in [0.5, 0.6) is 0 Å². The summed E-state index contributed by atoms with van der Waals surface area (Å²) in [7, 11) is 1.88. The smallest absolute Gasteiger partial charge is 0.290 e. The second-order valence-electron chi connectivity index (χ2n) is 8.79. The predicted molar refractivity (Wildman–Crippen MR) is 109 cm³/mol. The molecule has 29 heavy (non-hydrogen) atoms. The van der Waals surface area contributed by atoms with E-state index in [1.54, 1.807) is 4.90 Å². The van der Waals surface area contributed by atoms with Crippen molar-refractivity contribution in [2.45, 2.75) is 56.6 Å². The van der Waals surface area contributed by atoms with Gasteiger partial charge in [0.15, 0.2) is 5.82 Å². The standard InChI is InChI=1S/C22H28N4O3/c1-24-19-12-15(14-2-3-14)4-9-18(19)23-21(24)22(29)25-10-11-26(20(28)13-25)16-5-7-17(27)8-6-16/h4,9,12,14,16-17,27H,2-3,5-8,10-11,13H2,1H3/t16-,17-. The van der Waals surface area contributed by atoms with Crippen LogP contribution in [0.2, 0.25) is 0 Å². The number of hydrogen-bond donors (Lipinski definition) is 1. The minimum Gasteiger partial charge on any atom is -0.393 e. The number of fused-ring (bicyclic) bond motifs is 1. The Kier molecular flexibility index (Phi) is 4.57. The number of hydrogen-bond acceptors (Lipinski definition) is 4. The van der Waals surface area contributed by atoms with Crippen LogP contribution in [-0.4, -0.2) is 68.1 Å². The summed E-state index contributed by atoms with van der Waals surface area (Å²) in [6, 6.07) is 6.46. The zero-order valence-electron chi connectivity index (χ0n) is 16.9. The maximum Gasteiger partial charge on any atom is 0.290 e. The van der Waals surface area contributed by atoms with Crippen LogP contribution in [0.3, 0.4) is 0 Å². The van der Waals surface area contributed by atoms with Gasteiger partial charge in [-0.3, -0.25) is 9.59 Å². The molecule has 2 aliphatic carbocycles. The average Bonchev–Trinajstić information content (AvgIpc) is 3.52. The highest BCUT2D eigenvalue weighted by molar-refractivity contribution is 5.97. The third-order valence-electron chi connectivity index (χ3n) is 6.80. The maximum absolute atomic E-state index is 13.1. The van der Waals surface area contributed by atoms with Crippen LogP contribution in [0.4, 0.5) is 0 Å². The Morgan fingerprint density at radius 3 is 2.55 bits per heavy atom. The molecule has 1 aromatic carbocycles. The summed E-state index contributed by atoms with van der Waals surface area (Å²) >= 11 is 0. The maximum atomic E-state index is 13.1. The minimum absolute atomic E-state index is 0.000716. The number of imidazole rings is 1. The zero-order valence-corrected chi connectivity index (χ0v) is 16.9. The first kappa shape index (κ1) is 18.6. The van der Waals surface area contributed by atoms with Crippen LogP contribution >= 0.6 is 0 Å². The first-order valence-electron chi connectivity index (χ1n) is 10.7. The fourth-order valence-electron chi connectivity index (χ4n) is 4.83. The molecule has 0 bridgehead atoms. The van der Waals surface area contributed by atoms with Gasteiger partial charge in [0, 0.05) is 26.2 Å². The van der Waals surface area contributed by atoms with E-state index in [1.807, 2.05) is 22.6 Å². The third-order valence-corrected chi connectivity index (χ3v) is 6.80. The van der Waals surface area contributed by atoms with Crippen LogP contribution in [0.15, 0.2) is 18.2 Å². The number of aromatic nitrogens is 2. The summed E-state index contributed by atoms with van der Waals surface area (Å²) in [5, 5.41) is 9.70. The summed E-state index contributed by atoms with van der Waals surface area (Å²) < 4.78 is 1.86. The fraction of sp³-hybridized carbons (Fsp3) is 0.591. The van der Waals surface area contributed by atoms with Crippen molar-refractivity contribution >= 4 is 22.8 Å². The Morgan fingerprint density at radius 2 is 1.86 bits per heavy atom. The van der Waals surface area contributed by atoms with E-state index in [0.29, 0.717) is 24.8 Å². The Morgan fingerprint density at radius 1 is 1.10 bits per heavy atom. The van der Waals surface area contributed by atoms with Gasteiger partial charge in [-0.25, -0.2) is 4.98 Å². The van der Waals surface area contributed by atoms with Gasteiger partial charge in [0.25, 0.3) is 5.91 Å². The number of carbonyl (C=O) groups is 2.